The van der Waals surface area contributed by atoms with E-state index in [1.54, 1.807) is 6.08 Å². The first-order chi connectivity index (χ1) is 12.2. The maximum atomic E-state index is 11.9. The van der Waals surface area contributed by atoms with Gasteiger partial charge in [-0.3, -0.25) is 4.79 Å². The first kappa shape index (κ1) is 18.6. The number of rotatable bonds is 3. The van der Waals surface area contributed by atoms with Crippen LogP contribution in [0.4, 0.5) is 0 Å². The summed E-state index contributed by atoms with van der Waals surface area (Å²) in [5.74, 6) is 1.58. The molecule has 0 heterocycles. The van der Waals surface area contributed by atoms with E-state index in [4.69, 9.17) is 0 Å². The summed E-state index contributed by atoms with van der Waals surface area (Å²) in [5.41, 5.74) is -1.16. The summed E-state index contributed by atoms with van der Waals surface area (Å²) >= 11 is 0. The van der Waals surface area contributed by atoms with Gasteiger partial charge in [0.1, 0.15) is 0 Å². The van der Waals surface area contributed by atoms with E-state index in [-0.39, 0.29) is 29.1 Å². The van der Waals surface area contributed by atoms with Gasteiger partial charge in [0, 0.05) is 18.4 Å². The summed E-state index contributed by atoms with van der Waals surface area (Å²) < 4.78 is 0. The monoisotopic (exact) mass is 362 g/mol. The van der Waals surface area contributed by atoms with E-state index in [1.165, 1.54) is 0 Å². The lowest BCUT2D eigenvalue weighted by Gasteiger charge is -2.61. The van der Waals surface area contributed by atoms with Crippen molar-refractivity contribution in [2.24, 2.45) is 34.5 Å². The van der Waals surface area contributed by atoms with Crippen LogP contribution in [0.5, 0.6) is 0 Å². The molecule has 0 amide bonds. The lowest BCUT2D eigenvalue weighted by Crippen LogP contribution is -2.60. The van der Waals surface area contributed by atoms with Crippen LogP contribution in [0.2, 0.25) is 0 Å². The smallest absolute Gasteiger partial charge is 0.155 e. The SMILES string of the molecule is C[C@]12C=CC(=O)CC1CC[C@@H]1[C@H]2C(O)C[C@@]2(C)[C@H]1CCC2(O)CCCO. The minimum absolute atomic E-state index is 0.107. The normalized spacial score (nSPS) is 53.1. The van der Waals surface area contributed by atoms with Gasteiger partial charge < -0.3 is 15.3 Å². The molecular weight excluding hydrogens is 328 g/mol. The van der Waals surface area contributed by atoms with Gasteiger partial charge >= 0.3 is 0 Å². The molecule has 4 aliphatic rings. The molecule has 4 rings (SSSR count). The molecular formula is C22H34O4. The predicted octanol–water partition coefficient (Wildman–Crippen LogP) is 2.85. The van der Waals surface area contributed by atoms with Crippen LogP contribution in [0, 0.1) is 34.5 Å². The maximum absolute atomic E-state index is 11.9. The number of ketones is 1. The Morgan fingerprint density at radius 1 is 1.23 bits per heavy atom. The van der Waals surface area contributed by atoms with Crippen LogP contribution in [0.25, 0.3) is 0 Å². The Hall–Kier alpha value is -0.710. The fourth-order valence-electron chi connectivity index (χ4n) is 7.64. The first-order valence-corrected chi connectivity index (χ1v) is 10.5. The van der Waals surface area contributed by atoms with E-state index in [9.17, 15) is 20.1 Å². The number of hydrogen-bond donors (Lipinski definition) is 3. The van der Waals surface area contributed by atoms with Gasteiger partial charge in [-0.2, -0.15) is 0 Å². The Morgan fingerprint density at radius 3 is 2.73 bits per heavy atom. The molecule has 8 atom stereocenters. The number of fused-ring (bicyclic) bond motifs is 5. The second-order valence-corrected chi connectivity index (χ2v) is 10.0. The van der Waals surface area contributed by atoms with Gasteiger partial charge in [-0.1, -0.05) is 19.9 Å². The quantitative estimate of drug-likeness (QED) is 0.721. The van der Waals surface area contributed by atoms with E-state index in [0.29, 0.717) is 43.4 Å². The Kier molecular flexibility index (Phi) is 4.41. The molecule has 0 aromatic heterocycles. The van der Waals surface area contributed by atoms with Crippen molar-refractivity contribution in [1.29, 1.82) is 0 Å². The van der Waals surface area contributed by atoms with Crippen LogP contribution in [-0.2, 0) is 4.79 Å². The third kappa shape index (κ3) is 2.41. The highest BCUT2D eigenvalue weighted by molar-refractivity contribution is 5.91. The Morgan fingerprint density at radius 2 is 2.00 bits per heavy atom. The van der Waals surface area contributed by atoms with E-state index < -0.39 is 11.7 Å². The minimum Gasteiger partial charge on any atom is -0.396 e. The van der Waals surface area contributed by atoms with Gasteiger partial charge in [0.15, 0.2) is 5.78 Å². The molecule has 0 spiro atoms. The van der Waals surface area contributed by atoms with Crippen molar-refractivity contribution in [1.82, 2.24) is 0 Å². The molecule has 0 bridgehead atoms. The van der Waals surface area contributed by atoms with E-state index >= 15 is 0 Å². The Bertz CT molecular complexity index is 615. The second kappa shape index (κ2) is 6.15. The van der Waals surface area contributed by atoms with Crippen molar-refractivity contribution in [3.63, 3.8) is 0 Å². The molecule has 3 fully saturated rings. The summed E-state index contributed by atoms with van der Waals surface area (Å²) in [6, 6.07) is 0. The summed E-state index contributed by atoms with van der Waals surface area (Å²) in [5, 5.41) is 31.9. The zero-order chi connectivity index (χ0) is 18.7. The Balaban J connectivity index is 1.67. The van der Waals surface area contributed by atoms with Crippen molar-refractivity contribution < 1.29 is 20.1 Å². The van der Waals surface area contributed by atoms with Crippen LogP contribution < -0.4 is 0 Å². The lowest BCUT2D eigenvalue weighted by atomic mass is 9.44. The molecule has 146 valence electrons. The van der Waals surface area contributed by atoms with Crippen molar-refractivity contribution in [2.75, 3.05) is 6.61 Å². The number of carbonyl (C=O) groups excluding carboxylic acids is 1. The van der Waals surface area contributed by atoms with Gasteiger partial charge in [0.05, 0.1) is 11.7 Å². The fraction of sp³-hybridized carbons (Fsp3) is 0.864. The molecule has 0 aromatic rings. The van der Waals surface area contributed by atoms with E-state index in [2.05, 4.69) is 19.9 Å². The molecule has 0 saturated heterocycles. The number of allylic oxidation sites excluding steroid dienone is 2. The highest BCUT2D eigenvalue weighted by Crippen LogP contribution is 2.67. The second-order valence-electron chi connectivity index (χ2n) is 10.0. The fourth-order valence-corrected chi connectivity index (χ4v) is 7.64. The van der Waals surface area contributed by atoms with Gasteiger partial charge in [-0.15, -0.1) is 0 Å². The summed E-state index contributed by atoms with van der Waals surface area (Å²) in [4.78, 5) is 11.9. The number of hydrogen-bond acceptors (Lipinski definition) is 4. The van der Waals surface area contributed by atoms with Gasteiger partial charge in [0.25, 0.3) is 0 Å². The molecule has 0 aromatic carbocycles. The maximum Gasteiger partial charge on any atom is 0.155 e. The van der Waals surface area contributed by atoms with Crippen LogP contribution in [0.3, 0.4) is 0 Å². The van der Waals surface area contributed by atoms with Crippen molar-refractivity contribution >= 4 is 5.78 Å². The van der Waals surface area contributed by atoms with Crippen molar-refractivity contribution in [2.45, 2.75) is 76.9 Å². The van der Waals surface area contributed by atoms with Gasteiger partial charge in [-0.05, 0) is 80.1 Å². The minimum atomic E-state index is -0.775. The molecule has 4 heteroatoms. The molecule has 4 aliphatic carbocycles. The third-order valence-corrected chi connectivity index (χ3v) is 9.05. The lowest BCUT2D eigenvalue weighted by molar-refractivity contribution is -0.184. The van der Waals surface area contributed by atoms with Crippen LogP contribution in [-0.4, -0.2) is 39.4 Å². The van der Waals surface area contributed by atoms with Crippen LogP contribution in [0.1, 0.15) is 65.2 Å². The summed E-state index contributed by atoms with van der Waals surface area (Å²) in [6.45, 7) is 4.53. The number of aliphatic hydroxyl groups excluding tert-OH is 2. The molecule has 0 radical (unpaired) electrons. The van der Waals surface area contributed by atoms with E-state index in [0.717, 1.165) is 25.7 Å². The average Bonchev–Trinajstić information content (AvgIpc) is 2.85. The number of carbonyl (C=O) groups is 1. The van der Waals surface area contributed by atoms with E-state index in [1.807, 2.05) is 0 Å². The van der Waals surface area contributed by atoms with Gasteiger partial charge in [0.2, 0.25) is 0 Å². The van der Waals surface area contributed by atoms with Crippen LogP contribution >= 0.6 is 0 Å². The number of aliphatic hydroxyl groups is 3. The summed E-state index contributed by atoms with van der Waals surface area (Å²) in [7, 11) is 0. The Labute approximate surface area is 156 Å². The molecule has 3 unspecified atom stereocenters. The van der Waals surface area contributed by atoms with Gasteiger partial charge in [-0.25, -0.2) is 0 Å². The highest BCUT2D eigenvalue weighted by atomic mass is 16.3. The van der Waals surface area contributed by atoms with Crippen LogP contribution in [0.15, 0.2) is 12.2 Å². The average molecular weight is 363 g/mol. The molecule has 0 aliphatic heterocycles. The summed E-state index contributed by atoms with van der Waals surface area (Å²) in [6.07, 6.45) is 9.77. The first-order valence-electron chi connectivity index (χ1n) is 10.5. The zero-order valence-corrected chi connectivity index (χ0v) is 16.2. The standard InChI is InChI=1S/C22H34O4/c1-20-9-6-15(24)12-14(20)4-5-16-17-7-10-22(26,8-3-11-23)21(17,2)13-18(25)19(16)20/h6,9,14,16-19,23,25-26H,3-5,7-8,10-13H2,1-2H3/t14?,16-,17-,18?,19-,20-,21-,22?/m0/s1. The molecule has 3 saturated carbocycles. The molecule has 3 N–H and O–H groups in total. The third-order valence-electron chi connectivity index (χ3n) is 9.05. The zero-order valence-electron chi connectivity index (χ0n) is 16.2. The van der Waals surface area contributed by atoms with Crippen molar-refractivity contribution in [3.8, 4) is 0 Å². The van der Waals surface area contributed by atoms with Crippen molar-refractivity contribution in [3.05, 3.63) is 12.2 Å². The molecule has 26 heavy (non-hydrogen) atoms. The predicted molar refractivity (Wildman–Crippen MR) is 99.3 cm³/mol. The largest absolute Gasteiger partial charge is 0.396 e. The molecule has 4 nitrogen and oxygen atoms in total. The highest BCUT2D eigenvalue weighted by Gasteiger charge is 2.66. The topological polar surface area (TPSA) is 77.8 Å².